The van der Waals surface area contributed by atoms with Crippen LogP contribution in [0.15, 0.2) is 79.1 Å². The first kappa shape index (κ1) is 17.3. The SMILES string of the molecule is Fc1ccc(C2=C(c3ccncc3)N(CCCc3ccccc3)CN2)cc1. The minimum Gasteiger partial charge on any atom is -0.366 e. The van der Waals surface area contributed by atoms with E-state index in [0.29, 0.717) is 0 Å². The van der Waals surface area contributed by atoms with E-state index in [0.717, 1.165) is 48.6 Å². The predicted molar refractivity (Wildman–Crippen MR) is 107 cm³/mol. The molecule has 1 N–H and O–H groups in total. The van der Waals surface area contributed by atoms with E-state index in [4.69, 9.17) is 0 Å². The number of aryl methyl sites for hydroxylation is 1. The van der Waals surface area contributed by atoms with Crippen LogP contribution >= 0.6 is 0 Å². The van der Waals surface area contributed by atoms with Crippen LogP contribution in [0.5, 0.6) is 0 Å². The van der Waals surface area contributed by atoms with Crippen LogP contribution in [-0.4, -0.2) is 23.1 Å². The quantitative estimate of drug-likeness (QED) is 0.700. The number of nitrogens with zero attached hydrogens (tertiary/aromatic N) is 2. The van der Waals surface area contributed by atoms with Gasteiger partial charge in [0, 0.05) is 24.5 Å². The normalized spacial score (nSPS) is 13.7. The van der Waals surface area contributed by atoms with Gasteiger partial charge in [-0.1, -0.05) is 30.3 Å². The fourth-order valence-electron chi connectivity index (χ4n) is 3.50. The van der Waals surface area contributed by atoms with Crippen molar-refractivity contribution in [3.05, 3.63) is 102 Å². The summed E-state index contributed by atoms with van der Waals surface area (Å²) in [6.07, 6.45) is 5.74. The fourth-order valence-corrected chi connectivity index (χ4v) is 3.50. The number of aromatic nitrogens is 1. The Bertz CT molecular complexity index is 905. The average molecular weight is 359 g/mol. The zero-order valence-corrected chi connectivity index (χ0v) is 15.1. The van der Waals surface area contributed by atoms with Gasteiger partial charge in [-0.05, 0) is 60.4 Å². The Morgan fingerprint density at radius 3 is 2.37 bits per heavy atom. The molecule has 2 aromatic carbocycles. The number of rotatable bonds is 6. The van der Waals surface area contributed by atoms with Crippen LogP contribution < -0.4 is 5.32 Å². The zero-order valence-electron chi connectivity index (χ0n) is 15.1. The molecule has 0 saturated heterocycles. The smallest absolute Gasteiger partial charge is 0.123 e. The van der Waals surface area contributed by atoms with E-state index < -0.39 is 0 Å². The molecule has 0 bridgehead atoms. The molecule has 0 aliphatic carbocycles. The lowest BCUT2D eigenvalue weighted by atomic mass is 10.1. The van der Waals surface area contributed by atoms with Gasteiger partial charge in [0.25, 0.3) is 0 Å². The summed E-state index contributed by atoms with van der Waals surface area (Å²) in [6, 6.07) is 21.3. The molecule has 1 aliphatic heterocycles. The Hall–Kier alpha value is -3.14. The van der Waals surface area contributed by atoms with Crippen LogP contribution in [0.3, 0.4) is 0 Å². The molecule has 3 nitrogen and oxygen atoms in total. The van der Waals surface area contributed by atoms with E-state index in [1.165, 1.54) is 17.7 Å². The van der Waals surface area contributed by atoms with Gasteiger partial charge in [-0.3, -0.25) is 4.98 Å². The highest BCUT2D eigenvalue weighted by atomic mass is 19.1. The predicted octanol–water partition coefficient (Wildman–Crippen LogP) is 4.54. The van der Waals surface area contributed by atoms with Crippen molar-refractivity contribution in [1.29, 1.82) is 0 Å². The van der Waals surface area contributed by atoms with E-state index in [1.54, 1.807) is 0 Å². The minimum atomic E-state index is -0.220. The molecule has 0 fully saturated rings. The molecule has 136 valence electrons. The van der Waals surface area contributed by atoms with Crippen molar-refractivity contribution in [1.82, 2.24) is 15.2 Å². The Balaban J connectivity index is 1.58. The van der Waals surface area contributed by atoms with Crippen molar-refractivity contribution in [3.63, 3.8) is 0 Å². The Morgan fingerprint density at radius 2 is 1.63 bits per heavy atom. The Kier molecular flexibility index (Phi) is 5.15. The summed E-state index contributed by atoms with van der Waals surface area (Å²) in [5.74, 6) is -0.220. The number of pyridine rings is 1. The van der Waals surface area contributed by atoms with Gasteiger partial charge in [0.2, 0.25) is 0 Å². The van der Waals surface area contributed by atoms with Gasteiger partial charge in [0.1, 0.15) is 5.82 Å². The molecule has 1 aromatic heterocycles. The van der Waals surface area contributed by atoms with Crippen LogP contribution in [0, 0.1) is 5.82 Å². The standard InChI is InChI=1S/C23H22FN3/c24-21-10-8-19(9-11-21)22-23(20-12-14-25-15-13-20)27(17-26-22)16-4-7-18-5-2-1-3-6-18/h1-3,5-6,8-15,26H,4,7,16-17H2. The highest BCUT2D eigenvalue weighted by Gasteiger charge is 2.24. The Labute approximate surface area is 159 Å². The summed E-state index contributed by atoms with van der Waals surface area (Å²) >= 11 is 0. The van der Waals surface area contributed by atoms with Gasteiger partial charge in [-0.2, -0.15) is 0 Å². The summed E-state index contributed by atoms with van der Waals surface area (Å²) in [5, 5.41) is 3.50. The van der Waals surface area contributed by atoms with Gasteiger partial charge >= 0.3 is 0 Å². The zero-order chi connectivity index (χ0) is 18.5. The second-order valence-corrected chi connectivity index (χ2v) is 6.65. The van der Waals surface area contributed by atoms with Gasteiger partial charge in [0.15, 0.2) is 0 Å². The van der Waals surface area contributed by atoms with E-state index in [1.807, 2.05) is 42.7 Å². The lowest BCUT2D eigenvalue weighted by molar-refractivity contribution is 0.401. The van der Waals surface area contributed by atoms with Crippen molar-refractivity contribution < 1.29 is 4.39 Å². The summed E-state index contributed by atoms with van der Waals surface area (Å²) in [4.78, 5) is 6.50. The minimum absolute atomic E-state index is 0.220. The van der Waals surface area contributed by atoms with E-state index in [9.17, 15) is 4.39 Å². The second-order valence-electron chi connectivity index (χ2n) is 6.65. The van der Waals surface area contributed by atoms with Crippen LogP contribution in [0.25, 0.3) is 11.4 Å². The third kappa shape index (κ3) is 4.00. The third-order valence-electron chi connectivity index (χ3n) is 4.82. The van der Waals surface area contributed by atoms with Crippen LogP contribution in [0.1, 0.15) is 23.1 Å². The largest absolute Gasteiger partial charge is 0.366 e. The number of hydrogen-bond donors (Lipinski definition) is 1. The summed E-state index contributed by atoms with van der Waals surface area (Å²) in [6.45, 7) is 1.70. The highest BCUT2D eigenvalue weighted by Crippen LogP contribution is 2.31. The molecule has 1 aliphatic rings. The topological polar surface area (TPSA) is 28.2 Å². The second kappa shape index (κ2) is 8.04. The number of halogens is 1. The lowest BCUT2D eigenvalue weighted by Crippen LogP contribution is -2.25. The molecule has 0 saturated carbocycles. The molecule has 0 amide bonds. The number of hydrogen-bond acceptors (Lipinski definition) is 3. The van der Waals surface area contributed by atoms with Crippen molar-refractivity contribution in [2.45, 2.75) is 12.8 Å². The number of nitrogens with one attached hydrogen (secondary N) is 1. The molecule has 0 radical (unpaired) electrons. The summed E-state index contributed by atoms with van der Waals surface area (Å²) < 4.78 is 13.3. The first-order valence-electron chi connectivity index (χ1n) is 9.24. The number of benzene rings is 2. The highest BCUT2D eigenvalue weighted by molar-refractivity contribution is 5.90. The van der Waals surface area contributed by atoms with E-state index in [-0.39, 0.29) is 5.82 Å². The molecule has 0 atom stereocenters. The Morgan fingerprint density at radius 1 is 0.889 bits per heavy atom. The van der Waals surface area contributed by atoms with Gasteiger partial charge in [-0.25, -0.2) is 4.39 Å². The summed E-state index contributed by atoms with van der Waals surface area (Å²) in [7, 11) is 0. The molecule has 4 heteroatoms. The van der Waals surface area contributed by atoms with E-state index in [2.05, 4.69) is 39.5 Å². The maximum Gasteiger partial charge on any atom is 0.123 e. The molecular weight excluding hydrogens is 337 g/mol. The van der Waals surface area contributed by atoms with Gasteiger partial charge in [-0.15, -0.1) is 0 Å². The average Bonchev–Trinajstić information content (AvgIpc) is 3.14. The van der Waals surface area contributed by atoms with Crippen LogP contribution in [-0.2, 0) is 6.42 Å². The van der Waals surface area contributed by atoms with Crippen molar-refractivity contribution in [3.8, 4) is 0 Å². The first-order chi connectivity index (χ1) is 13.3. The molecule has 0 unspecified atom stereocenters. The van der Waals surface area contributed by atoms with Gasteiger partial charge < -0.3 is 10.2 Å². The maximum atomic E-state index is 13.3. The van der Waals surface area contributed by atoms with Gasteiger partial charge in [0.05, 0.1) is 18.1 Å². The van der Waals surface area contributed by atoms with Crippen molar-refractivity contribution >= 4 is 11.4 Å². The molecule has 4 rings (SSSR count). The van der Waals surface area contributed by atoms with Crippen LogP contribution in [0.4, 0.5) is 4.39 Å². The molecule has 27 heavy (non-hydrogen) atoms. The fraction of sp³-hybridized carbons (Fsp3) is 0.174. The first-order valence-corrected chi connectivity index (χ1v) is 9.24. The maximum absolute atomic E-state index is 13.3. The summed E-state index contributed by atoms with van der Waals surface area (Å²) in [5.41, 5.74) is 5.67. The molecule has 3 aromatic rings. The third-order valence-corrected chi connectivity index (χ3v) is 4.82. The monoisotopic (exact) mass is 359 g/mol. The molecule has 2 heterocycles. The van der Waals surface area contributed by atoms with Crippen molar-refractivity contribution in [2.24, 2.45) is 0 Å². The van der Waals surface area contributed by atoms with E-state index >= 15 is 0 Å². The lowest BCUT2D eigenvalue weighted by Gasteiger charge is -2.21. The molecule has 0 spiro atoms. The molecular formula is C23H22FN3. The van der Waals surface area contributed by atoms with Crippen LogP contribution in [0.2, 0.25) is 0 Å². The van der Waals surface area contributed by atoms with Crippen molar-refractivity contribution in [2.75, 3.05) is 13.2 Å².